The number of aryl methyl sites for hydroxylation is 2. The Labute approximate surface area is 615 Å². The van der Waals surface area contributed by atoms with Gasteiger partial charge in [0, 0.05) is 75.8 Å². The lowest BCUT2D eigenvalue weighted by atomic mass is 9.90. The number of ether oxygens (including phenoxy) is 4. The minimum Gasteiger partial charge on any atom is -0.465 e. The molecule has 0 saturated heterocycles. The second-order valence-electron chi connectivity index (χ2n) is 32.7. The molecule has 6 aromatic rings. The van der Waals surface area contributed by atoms with Gasteiger partial charge in [-0.1, -0.05) is 192 Å². The number of allylic oxidation sites excluding steroid dienone is 4. The Morgan fingerprint density at radius 3 is 1.07 bits per heavy atom. The van der Waals surface area contributed by atoms with Gasteiger partial charge in [-0.05, 0) is 189 Å². The van der Waals surface area contributed by atoms with Crippen molar-refractivity contribution in [3.63, 3.8) is 0 Å². The molecule has 2 N–H and O–H groups in total. The van der Waals surface area contributed by atoms with Gasteiger partial charge in [-0.25, -0.2) is 18.4 Å². The van der Waals surface area contributed by atoms with E-state index in [1.807, 2.05) is 152 Å². The summed E-state index contributed by atoms with van der Waals surface area (Å²) in [5.41, 5.74) is 4.85. The molecule has 5 saturated carbocycles. The standard InChI is InChI=1S/C21H27F2N3O2.C18H24O2.C17H23BrO2.C17H24O3.C13H16O/c1-14-24-18(17(22)23)25-26(14)11-10-21(15-8-6-5-7-9-15)12-16(21)13-28-19(27)20(2,3)4;1-5-11-18(14-9-7-6-8-10-14)12-15(18)13-20-16(19)17(2,3)4;2*1-16(2,3)15(19)20-12-14-11-17(14,9-10-18)13-7-5-4-6-8-13;1-2-8-13(9-12(13)10-14)11-6-4-3-5-7-11/h5-9,16-17H,10-13H2,1-4H3;5-11,15H,12-13H2,1-4H3;4-8,14H,9-12H2,1-3H3;4-8,14,18H,9-12H2,1-3H3;2-8,12,14H,9-10H2,1H3/t16-,21-;15-,18-;2*14-,17-;12-,13-/m00000/s1. The maximum Gasteiger partial charge on any atom is 0.311 e. The lowest BCUT2D eigenvalue weighted by molar-refractivity contribution is -0.154. The molecule has 1 aromatic heterocycles. The molecular weight excluding hydrogens is 1350 g/mol. The number of hydrogen-bond donors (Lipinski definition) is 2. The molecule has 554 valence electrons. The number of aromatic nitrogens is 3. The van der Waals surface area contributed by atoms with E-state index in [1.165, 1.54) is 27.8 Å². The third-order valence-corrected chi connectivity index (χ3v) is 21.3. The van der Waals surface area contributed by atoms with Gasteiger partial charge in [-0.3, -0.25) is 19.2 Å². The van der Waals surface area contributed by atoms with Crippen LogP contribution in [0.5, 0.6) is 0 Å². The molecule has 1 heterocycles. The van der Waals surface area contributed by atoms with E-state index in [2.05, 4.69) is 147 Å². The summed E-state index contributed by atoms with van der Waals surface area (Å²) in [5, 5.41) is 23.4. The molecule has 10 atom stereocenters. The monoisotopic (exact) mass is 1470 g/mol. The van der Waals surface area contributed by atoms with Gasteiger partial charge in [0.25, 0.3) is 6.43 Å². The highest BCUT2D eigenvalue weighted by Gasteiger charge is 2.58. The van der Waals surface area contributed by atoms with Crippen LogP contribution in [0.4, 0.5) is 8.78 Å². The summed E-state index contributed by atoms with van der Waals surface area (Å²) in [7, 11) is 0. The van der Waals surface area contributed by atoms with Crippen molar-refractivity contribution in [2.75, 3.05) is 45.0 Å². The number of aliphatic hydroxyl groups excluding tert-OH is 2. The lowest BCUT2D eigenvalue weighted by Crippen LogP contribution is -2.25. The zero-order valence-corrected chi connectivity index (χ0v) is 64.7. The van der Waals surface area contributed by atoms with Crippen molar-refractivity contribution in [2.24, 2.45) is 51.2 Å². The Hall–Kier alpha value is -7.14. The summed E-state index contributed by atoms with van der Waals surface area (Å²) < 4.78 is 49.2. The third-order valence-electron chi connectivity index (χ3n) is 20.9. The van der Waals surface area contributed by atoms with Crippen molar-refractivity contribution in [3.05, 3.63) is 215 Å². The fourth-order valence-corrected chi connectivity index (χ4v) is 14.8. The topological polar surface area (TPSA) is 176 Å². The van der Waals surface area contributed by atoms with Crippen molar-refractivity contribution in [2.45, 2.75) is 195 Å². The Balaban J connectivity index is 0.000000181. The minimum atomic E-state index is -2.67. The van der Waals surface area contributed by atoms with Crippen molar-refractivity contribution >= 4 is 39.8 Å². The van der Waals surface area contributed by atoms with Crippen LogP contribution < -0.4 is 0 Å². The summed E-state index contributed by atoms with van der Waals surface area (Å²) >= 11 is 3.55. The van der Waals surface area contributed by atoms with Crippen molar-refractivity contribution in [3.8, 4) is 0 Å². The highest BCUT2D eigenvalue weighted by atomic mass is 79.9. The van der Waals surface area contributed by atoms with Crippen molar-refractivity contribution in [1.82, 2.24) is 14.8 Å². The predicted molar refractivity (Wildman–Crippen MR) is 404 cm³/mol. The molecule has 0 radical (unpaired) electrons. The molecule has 13 nitrogen and oxygen atoms in total. The maximum atomic E-state index is 12.9. The first-order valence-electron chi connectivity index (χ1n) is 36.4. The second kappa shape index (κ2) is 35.1. The highest BCUT2D eigenvalue weighted by Crippen LogP contribution is 2.60. The molecule has 5 fully saturated rings. The molecule has 102 heavy (non-hydrogen) atoms. The smallest absolute Gasteiger partial charge is 0.311 e. The molecule has 11 rings (SSSR count). The van der Waals surface area contributed by atoms with Crippen molar-refractivity contribution in [1.29, 1.82) is 0 Å². The molecule has 0 unspecified atom stereocenters. The first-order valence-corrected chi connectivity index (χ1v) is 37.5. The Kier molecular flexibility index (Phi) is 28.3. The largest absolute Gasteiger partial charge is 0.465 e. The molecule has 5 aliphatic carbocycles. The predicted octanol–water partition coefficient (Wildman–Crippen LogP) is 18.3. The first-order chi connectivity index (χ1) is 48.2. The zero-order valence-electron chi connectivity index (χ0n) is 63.2. The summed E-state index contributed by atoms with van der Waals surface area (Å²) in [6, 6.07) is 51.8. The first kappa shape index (κ1) is 82.1. The van der Waals surface area contributed by atoms with E-state index in [9.17, 15) is 38.2 Å². The van der Waals surface area contributed by atoms with Gasteiger partial charge in [-0.2, -0.15) is 0 Å². The third kappa shape index (κ3) is 21.3. The van der Waals surface area contributed by atoms with Gasteiger partial charge >= 0.3 is 23.9 Å². The van der Waals surface area contributed by atoms with Crippen LogP contribution in [-0.4, -0.2) is 93.8 Å². The molecule has 0 amide bonds. The number of halogens is 3. The van der Waals surface area contributed by atoms with Crippen LogP contribution in [0.1, 0.15) is 194 Å². The summed E-state index contributed by atoms with van der Waals surface area (Å²) in [6.07, 6.45) is 13.6. The van der Waals surface area contributed by atoms with Crippen LogP contribution in [0.3, 0.4) is 0 Å². The van der Waals surface area contributed by atoms with E-state index < -0.39 is 33.9 Å². The molecule has 5 aromatic carbocycles. The number of carbonyl (C=O) groups is 4. The van der Waals surface area contributed by atoms with E-state index in [0.29, 0.717) is 69.1 Å². The number of aliphatic hydroxyl groups is 2. The molecule has 16 heteroatoms. The molecule has 0 spiro atoms. The SMILES string of the molecule is CC(C)(C)C(=O)OC[C@@H]1C[C@@]1(CCBr)c1ccccc1.CC(C)(C)C(=O)OC[C@@H]1C[C@@]1(CCO)c1ccccc1.CC=C[C@@]1(c2ccccc2)C[C@H]1CO.CC=C[C@@]1(c2ccccc2)C[C@H]1COC(=O)C(C)(C)C.Cc1nc(C(F)F)nn1CC[C@@]1(c2ccccc2)C[C@H]1COC(=O)C(C)(C)C. The van der Waals surface area contributed by atoms with Gasteiger partial charge in [0.1, 0.15) is 5.82 Å². The van der Waals surface area contributed by atoms with Crippen LogP contribution in [0.2, 0.25) is 0 Å². The van der Waals surface area contributed by atoms with E-state index >= 15 is 0 Å². The number of hydrogen-bond acceptors (Lipinski definition) is 12. The fourth-order valence-electron chi connectivity index (χ4n) is 14.0. The minimum absolute atomic E-state index is 0.00578. The Morgan fingerprint density at radius 2 is 0.784 bits per heavy atom. The Morgan fingerprint density at radius 1 is 0.480 bits per heavy atom. The number of esters is 4. The second-order valence-corrected chi connectivity index (χ2v) is 33.5. The van der Waals surface area contributed by atoms with Gasteiger partial charge in [0.15, 0.2) is 0 Å². The number of rotatable bonds is 24. The lowest BCUT2D eigenvalue weighted by Gasteiger charge is -2.20. The van der Waals surface area contributed by atoms with Crippen LogP contribution >= 0.6 is 15.9 Å². The number of alkyl halides is 3. The number of benzene rings is 5. The average Bonchev–Trinajstić information content (AvgIpc) is 1.72. The van der Waals surface area contributed by atoms with E-state index in [0.717, 1.165) is 56.7 Å². The summed E-state index contributed by atoms with van der Waals surface area (Å²) in [4.78, 5) is 51.5. The van der Waals surface area contributed by atoms with Crippen LogP contribution in [-0.2, 0) is 71.7 Å². The number of nitrogens with zero attached hydrogens (tertiary/aromatic N) is 3. The normalized spacial score (nSPS) is 25.2. The van der Waals surface area contributed by atoms with Gasteiger partial charge in [-0.15, -0.1) is 5.10 Å². The maximum absolute atomic E-state index is 12.9. The molecule has 0 bridgehead atoms. The summed E-state index contributed by atoms with van der Waals surface area (Å²) in [5.74, 6) is 1.25. The van der Waals surface area contributed by atoms with Gasteiger partial charge in [0.2, 0.25) is 5.82 Å². The summed E-state index contributed by atoms with van der Waals surface area (Å²) in [6.45, 7) is 31.0. The van der Waals surface area contributed by atoms with Gasteiger partial charge in [0.05, 0.1) is 48.1 Å². The average molecular weight is 1470 g/mol. The van der Waals surface area contributed by atoms with Crippen molar-refractivity contribution < 1.29 is 57.1 Å². The van der Waals surface area contributed by atoms with Crippen LogP contribution in [0, 0.1) is 58.2 Å². The zero-order chi connectivity index (χ0) is 75.0. The van der Waals surface area contributed by atoms with Crippen LogP contribution in [0.25, 0.3) is 0 Å². The molecular formula is C86H114BrF2N3O10. The van der Waals surface area contributed by atoms with E-state index in [1.54, 1.807) is 11.6 Å². The highest BCUT2D eigenvalue weighted by molar-refractivity contribution is 9.09. The van der Waals surface area contributed by atoms with Gasteiger partial charge < -0.3 is 29.2 Å². The fraction of sp³-hybridized carbons (Fsp3) is 0.535. The number of carbonyl (C=O) groups excluding carboxylic acids is 4. The molecule has 0 aliphatic heterocycles. The Bertz CT molecular complexity index is 3610. The van der Waals surface area contributed by atoms with Crippen LogP contribution in [0.15, 0.2) is 176 Å². The van der Waals surface area contributed by atoms with E-state index in [-0.39, 0.29) is 63.5 Å². The van der Waals surface area contributed by atoms with E-state index in [4.69, 9.17) is 18.9 Å². The quantitative estimate of drug-likeness (QED) is 0.0254. The molecule has 5 aliphatic rings.